The number of hydrogen-bond acceptors (Lipinski definition) is 2. The highest BCUT2D eigenvalue weighted by Crippen LogP contribution is 2.21. The van der Waals surface area contributed by atoms with Gasteiger partial charge in [0.15, 0.2) is 0 Å². The molecule has 3 heteroatoms. The summed E-state index contributed by atoms with van der Waals surface area (Å²) < 4.78 is 2.01. The van der Waals surface area contributed by atoms with Crippen molar-refractivity contribution in [2.45, 2.75) is 26.5 Å². The van der Waals surface area contributed by atoms with Gasteiger partial charge in [0, 0.05) is 0 Å². The van der Waals surface area contributed by atoms with Crippen LogP contribution in [0.2, 0.25) is 0 Å². The van der Waals surface area contributed by atoms with Crippen molar-refractivity contribution >= 4 is 11.0 Å². The van der Waals surface area contributed by atoms with Gasteiger partial charge >= 0.3 is 0 Å². The molecular formula is C17H18N2O. The van der Waals surface area contributed by atoms with Crippen molar-refractivity contribution in [3.8, 4) is 0 Å². The van der Waals surface area contributed by atoms with Crippen LogP contribution in [0.15, 0.2) is 48.8 Å². The molecule has 102 valence electrons. The number of hydrogen-bond donors (Lipinski definition) is 1. The van der Waals surface area contributed by atoms with Gasteiger partial charge < -0.3 is 9.67 Å². The molecule has 0 saturated carbocycles. The Morgan fingerprint density at radius 2 is 1.80 bits per heavy atom. The zero-order chi connectivity index (χ0) is 14.1. The van der Waals surface area contributed by atoms with Gasteiger partial charge in [-0.15, -0.1) is 0 Å². The summed E-state index contributed by atoms with van der Waals surface area (Å²) in [7, 11) is 0. The molecule has 3 rings (SSSR count). The van der Waals surface area contributed by atoms with E-state index in [-0.39, 0.29) is 0 Å². The highest BCUT2D eigenvalue weighted by molar-refractivity contribution is 5.77. The Morgan fingerprint density at radius 1 is 1.10 bits per heavy atom. The summed E-state index contributed by atoms with van der Waals surface area (Å²) >= 11 is 0. The van der Waals surface area contributed by atoms with Crippen molar-refractivity contribution in [1.82, 2.24) is 9.55 Å². The normalized spacial score (nSPS) is 12.8. The van der Waals surface area contributed by atoms with E-state index in [1.807, 2.05) is 34.9 Å². The van der Waals surface area contributed by atoms with Crippen LogP contribution < -0.4 is 0 Å². The highest BCUT2D eigenvalue weighted by Gasteiger charge is 2.11. The van der Waals surface area contributed by atoms with Gasteiger partial charge in [0.05, 0.1) is 30.0 Å². The predicted molar refractivity (Wildman–Crippen MR) is 80.6 cm³/mol. The Balaban J connectivity index is 1.93. The minimum absolute atomic E-state index is 0.517. The number of aryl methyl sites for hydroxylation is 2. The van der Waals surface area contributed by atoms with Crippen LogP contribution in [0.5, 0.6) is 0 Å². The lowest BCUT2D eigenvalue weighted by atomic mass is 10.1. The zero-order valence-electron chi connectivity index (χ0n) is 11.7. The molecule has 0 aliphatic heterocycles. The van der Waals surface area contributed by atoms with E-state index >= 15 is 0 Å². The monoisotopic (exact) mass is 266 g/mol. The Labute approximate surface area is 118 Å². The summed E-state index contributed by atoms with van der Waals surface area (Å²) in [4.78, 5) is 4.42. The number of fused-ring (bicyclic) bond motifs is 1. The fraction of sp³-hybridized carbons (Fsp3) is 0.235. The quantitative estimate of drug-likeness (QED) is 0.789. The fourth-order valence-electron chi connectivity index (χ4n) is 2.43. The van der Waals surface area contributed by atoms with Gasteiger partial charge in [-0.2, -0.15) is 0 Å². The van der Waals surface area contributed by atoms with Gasteiger partial charge in [-0.05, 0) is 42.7 Å². The Bertz CT molecular complexity index is 731. The predicted octanol–water partition coefficient (Wildman–Crippen LogP) is 3.39. The average molecular weight is 266 g/mol. The molecular weight excluding hydrogens is 248 g/mol. The number of rotatable bonds is 3. The first-order chi connectivity index (χ1) is 9.65. The third-order valence-electron chi connectivity index (χ3n) is 3.79. The number of nitrogens with zero attached hydrogens (tertiary/aromatic N) is 2. The maximum absolute atomic E-state index is 10.3. The van der Waals surface area contributed by atoms with Crippen LogP contribution >= 0.6 is 0 Å². The van der Waals surface area contributed by atoms with Gasteiger partial charge in [-0.3, -0.25) is 0 Å². The summed E-state index contributed by atoms with van der Waals surface area (Å²) in [5, 5.41) is 10.3. The summed E-state index contributed by atoms with van der Waals surface area (Å²) in [5.74, 6) is 0. The highest BCUT2D eigenvalue weighted by atomic mass is 16.3. The molecule has 1 N–H and O–H groups in total. The fourth-order valence-corrected chi connectivity index (χ4v) is 2.43. The van der Waals surface area contributed by atoms with Crippen molar-refractivity contribution in [1.29, 1.82) is 0 Å². The van der Waals surface area contributed by atoms with Gasteiger partial charge in [0.2, 0.25) is 0 Å². The second kappa shape index (κ2) is 5.10. The third-order valence-corrected chi connectivity index (χ3v) is 3.79. The van der Waals surface area contributed by atoms with E-state index in [1.54, 1.807) is 6.33 Å². The summed E-state index contributed by atoms with van der Waals surface area (Å²) in [6.45, 7) is 4.70. The number of benzene rings is 2. The first kappa shape index (κ1) is 12.9. The lowest BCUT2D eigenvalue weighted by molar-refractivity contribution is 0.158. The maximum atomic E-state index is 10.3. The maximum Gasteiger partial charge on any atom is 0.0969 e. The number of aliphatic hydroxyl groups excluding tert-OH is 1. The molecule has 1 heterocycles. The van der Waals surface area contributed by atoms with E-state index in [1.165, 1.54) is 11.1 Å². The van der Waals surface area contributed by atoms with Crippen LogP contribution in [0.25, 0.3) is 11.0 Å². The van der Waals surface area contributed by atoms with E-state index in [2.05, 4.69) is 31.0 Å². The molecule has 0 radical (unpaired) electrons. The first-order valence-corrected chi connectivity index (χ1v) is 6.80. The van der Waals surface area contributed by atoms with E-state index in [9.17, 15) is 5.11 Å². The molecule has 0 fully saturated rings. The molecule has 0 saturated heterocycles. The zero-order valence-corrected chi connectivity index (χ0v) is 11.7. The molecule has 0 aliphatic rings. The largest absolute Gasteiger partial charge is 0.387 e. The van der Waals surface area contributed by atoms with Crippen molar-refractivity contribution in [2.75, 3.05) is 0 Å². The van der Waals surface area contributed by atoms with Crippen LogP contribution in [-0.4, -0.2) is 14.7 Å². The number of aliphatic hydroxyl groups is 1. The number of aromatic nitrogens is 2. The van der Waals surface area contributed by atoms with Crippen LogP contribution in [-0.2, 0) is 6.54 Å². The summed E-state index contributed by atoms with van der Waals surface area (Å²) in [6, 6.07) is 14.0. The van der Waals surface area contributed by atoms with Crippen molar-refractivity contribution in [3.63, 3.8) is 0 Å². The number of imidazole rings is 1. The first-order valence-electron chi connectivity index (χ1n) is 6.80. The molecule has 0 spiro atoms. The SMILES string of the molecule is Cc1cc2ncn(C[C@H](O)c3ccccc3)c2cc1C. The van der Waals surface area contributed by atoms with Gasteiger partial charge in [-0.25, -0.2) is 4.98 Å². The molecule has 3 nitrogen and oxygen atoms in total. The van der Waals surface area contributed by atoms with Crippen LogP contribution in [0.4, 0.5) is 0 Å². The molecule has 0 unspecified atom stereocenters. The standard InChI is InChI=1S/C17H18N2O/c1-12-8-15-16(9-13(12)2)19(11-18-15)10-17(20)14-6-4-3-5-7-14/h3-9,11,17,20H,10H2,1-2H3/t17-/m0/s1. The molecule has 0 aliphatic carbocycles. The lowest BCUT2D eigenvalue weighted by Crippen LogP contribution is -2.07. The van der Waals surface area contributed by atoms with Gasteiger partial charge in [0.1, 0.15) is 0 Å². The summed E-state index contributed by atoms with van der Waals surface area (Å²) in [6.07, 6.45) is 1.28. The van der Waals surface area contributed by atoms with E-state index in [4.69, 9.17) is 0 Å². The molecule has 20 heavy (non-hydrogen) atoms. The van der Waals surface area contributed by atoms with Gasteiger partial charge in [0.25, 0.3) is 0 Å². The Kier molecular flexibility index (Phi) is 3.28. The van der Waals surface area contributed by atoms with Crippen molar-refractivity contribution in [2.24, 2.45) is 0 Å². The van der Waals surface area contributed by atoms with Crippen molar-refractivity contribution < 1.29 is 5.11 Å². The molecule has 0 amide bonds. The van der Waals surface area contributed by atoms with E-state index < -0.39 is 6.10 Å². The minimum atomic E-state index is -0.518. The Morgan fingerprint density at radius 3 is 2.55 bits per heavy atom. The average Bonchev–Trinajstić information content (AvgIpc) is 2.83. The minimum Gasteiger partial charge on any atom is -0.387 e. The topological polar surface area (TPSA) is 38.0 Å². The second-order valence-corrected chi connectivity index (χ2v) is 5.25. The molecule has 3 aromatic rings. The van der Waals surface area contributed by atoms with Crippen LogP contribution in [0, 0.1) is 13.8 Å². The molecule has 2 aromatic carbocycles. The van der Waals surface area contributed by atoms with Crippen LogP contribution in [0.1, 0.15) is 22.8 Å². The second-order valence-electron chi connectivity index (χ2n) is 5.25. The van der Waals surface area contributed by atoms with E-state index in [0.29, 0.717) is 6.54 Å². The summed E-state index contributed by atoms with van der Waals surface area (Å²) in [5.41, 5.74) is 5.47. The Hall–Kier alpha value is -2.13. The molecule has 1 atom stereocenters. The molecule has 1 aromatic heterocycles. The van der Waals surface area contributed by atoms with Gasteiger partial charge in [-0.1, -0.05) is 30.3 Å². The smallest absolute Gasteiger partial charge is 0.0969 e. The van der Waals surface area contributed by atoms with Crippen molar-refractivity contribution in [3.05, 3.63) is 65.5 Å². The molecule has 0 bridgehead atoms. The van der Waals surface area contributed by atoms with Crippen LogP contribution in [0.3, 0.4) is 0 Å². The third kappa shape index (κ3) is 2.32. The lowest BCUT2D eigenvalue weighted by Gasteiger charge is -2.12. The van der Waals surface area contributed by atoms with E-state index in [0.717, 1.165) is 16.6 Å².